The molecule has 4 rings (SSSR count). The average Bonchev–Trinajstić information content (AvgIpc) is 3.10. The van der Waals surface area contributed by atoms with Crippen molar-refractivity contribution in [3.63, 3.8) is 0 Å². The molecule has 0 bridgehead atoms. The average molecular weight is 376 g/mol. The van der Waals surface area contributed by atoms with Gasteiger partial charge in [0.1, 0.15) is 11.6 Å². The SMILES string of the molecule is Cc1cc(NCCCN2CCCC2=O)nc(Nc2nccc3ccccc23)n1. The fourth-order valence-corrected chi connectivity index (χ4v) is 3.47. The van der Waals surface area contributed by atoms with Crippen molar-refractivity contribution in [1.82, 2.24) is 19.9 Å². The van der Waals surface area contributed by atoms with Gasteiger partial charge < -0.3 is 15.5 Å². The van der Waals surface area contributed by atoms with Crippen molar-refractivity contribution < 1.29 is 4.79 Å². The number of hydrogen-bond acceptors (Lipinski definition) is 6. The minimum atomic E-state index is 0.270. The smallest absolute Gasteiger partial charge is 0.230 e. The lowest BCUT2D eigenvalue weighted by atomic mass is 10.1. The number of carbonyl (C=O) groups is 1. The van der Waals surface area contributed by atoms with Gasteiger partial charge in [0.25, 0.3) is 0 Å². The third kappa shape index (κ3) is 4.19. The zero-order chi connectivity index (χ0) is 19.3. The second kappa shape index (κ2) is 8.21. The van der Waals surface area contributed by atoms with E-state index in [-0.39, 0.29) is 5.91 Å². The van der Waals surface area contributed by atoms with Crippen LogP contribution in [0.3, 0.4) is 0 Å². The Morgan fingerprint density at radius 3 is 2.93 bits per heavy atom. The largest absolute Gasteiger partial charge is 0.370 e. The quantitative estimate of drug-likeness (QED) is 0.614. The van der Waals surface area contributed by atoms with Gasteiger partial charge in [-0.2, -0.15) is 4.98 Å². The molecule has 0 aliphatic carbocycles. The topological polar surface area (TPSA) is 83.0 Å². The molecule has 1 fully saturated rings. The van der Waals surface area contributed by atoms with Crippen molar-refractivity contribution in [1.29, 1.82) is 0 Å². The number of aryl methyl sites for hydroxylation is 1. The summed E-state index contributed by atoms with van der Waals surface area (Å²) in [5, 5.41) is 8.72. The van der Waals surface area contributed by atoms with Crippen molar-refractivity contribution in [2.75, 3.05) is 30.3 Å². The highest BCUT2D eigenvalue weighted by molar-refractivity contribution is 5.92. The number of hydrogen-bond donors (Lipinski definition) is 2. The normalized spacial score (nSPS) is 13.9. The van der Waals surface area contributed by atoms with E-state index in [9.17, 15) is 4.79 Å². The first-order chi connectivity index (χ1) is 13.7. The number of likely N-dealkylation sites (tertiary alicyclic amines) is 1. The van der Waals surface area contributed by atoms with Crippen LogP contribution in [-0.2, 0) is 4.79 Å². The predicted octanol–water partition coefficient (Wildman–Crippen LogP) is 3.50. The summed E-state index contributed by atoms with van der Waals surface area (Å²) >= 11 is 0. The van der Waals surface area contributed by atoms with Crippen LogP contribution in [0.4, 0.5) is 17.6 Å². The van der Waals surface area contributed by atoms with Crippen LogP contribution >= 0.6 is 0 Å². The van der Waals surface area contributed by atoms with E-state index in [1.54, 1.807) is 6.20 Å². The van der Waals surface area contributed by atoms with Gasteiger partial charge in [0.05, 0.1) is 0 Å². The second-order valence-corrected chi connectivity index (χ2v) is 6.99. The van der Waals surface area contributed by atoms with Gasteiger partial charge in [0, 0.05) is 49.4 Å². The Morgan fingerprint density at radius 2 is 2.07 bits per heavy atom. The maximum absolute atomic E-state index is 11.7. The van der Waals surface area contributed by atoms with Crippen LogP contribution in [0.5, 0.6) is 0 Å². The Morgan fingerprint density at radius 1 is 1.18 bits per heavy atom. The number of fused-ring (bicyclic) bond motifs is 1. The first kappa shape index (κ1) is 18.2. The highest BCUT2D eigenvalue weighted by Crippen LogP contribution is 2.23. The molecule has 1 aliphatic rings. The molecule has 7 nitrogen and oxygen atoms in total. The van der Waals surface area contributed by atoms with Crippen molar-refractivity contribution in [3.8, 4) is 0 Å². The number of carbonyl (C=O) groups excluding carboxylic acids is 1. The van der Waals surface area contributed by atoms with Crippen LogP contribution in [0.1, 0.15) is 25.0 Å². The third-order valence-corrected chi connectivity index (χ3v) is 4.84. The van der Waals surface area contributed by atoms with Gasteiger partial charge in [0.2, 0.25) is 11.9 Å². The molecule has 3 aromatic rings. The maximum atomic E-state index is 11.7. The van der Waals surface area contributed by atoms with Gasteiger partial charge in [-0.25, -0.2) is 9.97 Å². The Kier molecular flexibility index (Phi) is 5.32. The number of benzene rings is 1. The molecule has 7 heteroatoms. The van der Waals surface area contributed by atoms with E-state index in [0.29, 0.717) is 12.4 Å². The number of pyridine rings is 1. The van der Waals surface area contributed by atoms with Crippen molar-refractivity contribution in [2.24, 2.45) is 0 Å². The molecule has 1 saturated heterocycles. The van der Waals surface area contributed by atoms with E-state index in [1.165, 1.54) is 0 Å². The minimum absolute atomic E-state index is 0.270. The summed E-state index contributed by atoms with van der Waals surface area (Å²) in [4.78, 5) is 27.1. The lowest BCUT2D eigenvalue weighted by molar-refractivity contribution is -0.127. The molecule has 1 aliphatic heterocycles. The standard InChI is InChI=1S/C21H24N6O/c1-15-14-18(22-10-5-13-27-12-4-8-19(27)28)25-21(24-15)26-20-17-7-3-2-6-16(17)9-11-23-20/h2-3,6-7,9,11,14H,4-5,8,10,12-13H2,1H3,(H2,22,23,24,25,26). The van der Waals surface area contributed by atoms with E-state index in [0.717, 1.165) is 60.6 Å². The Labute approximate surface area is 164 Å². The summed E-state index contributed by atoms with van der Waals surface area (Å²) in [5.74, 6) is 2.29. The molecular formula is C21H24N6O. The summed E-state index contributed by atoms with van der Waals surface area (Å²) in [6, 6.07) is 12.0. The van der Waals surface area contributed by atoms with Gasteiger partial charge >= 0.3 is 0 Å². The van der Waals surface area contributed by atoms with Crippen molar-refractivity contribution >= 4 is 34.3 Å². The summed E-state index contributed by atoms with van der Waals surface area (Å²) in [6.45, 7) is 4.38. The summed E-state index contributed by atoms with van der Waals surface area (Å²) < 4.78 is 0. The van der Waals surface area contributed by atoms with Crippen LogP contribution in [0.2, 0.25) is 0 Å². The fourth-order valence-electron chi connectivity index (χ4n) is 3.47. The van der Waals surface area contributed by atoms with Crippen LogP contribution < -0.4 is 10.6 Å². The van der Waals surface area contributed by atoms with Gasteiger partial charge in [-0.15, -0.1) is 0 Å². The molecule has 1 aromatic carbocycles. The monoisotopic (exact) mass is 376 g/mol. The number of nitrogens with zero attached hydrogens (tertiary/aromatic N) is 4. The van der Waals surface area contributed by atoms with E-state index in [4.69, 9.17) is 0 Å². The van der Waals surface area contributed by atoms with Gasteiger partial charge in [-0.3, -0.25) is 4.79 Å². The van der Waals surface area contributed by atoms with Gasteiger partial charge in [0.15, 0.2) is 0 Å². The van der Waals surface area contributed by atoms with E-state index in [1.807, 2.05) is 42.2 Å². The second-order valence-electron chi connectivity index (χ2n) is 6.99. The molecule has 0 atom stereocenters. The van der Waals surface area contributed by atoms with Crippen LogP contribution in [0.15, 0.2) is 42.6 Å². The maximum Gasteiger partial charge on any atom is 0.230 e. The van der Waals surface area contributed by atoms with Gasteiger partial charge in [-0.1, -0.05) is 24.3 Å². The highest BCUT2D eigenvalue weighted by Gasteiger charge is 2.18. The molecule has 0 spiro atoms. The fraction of sp³-hybridized carbons (Fsp3) is 0.333. The van der Waals surface area contributed by atoms with Crippen molar-refractivity contribution in [2.45, 2.75) is 26.2 Å². The molecule has 0 saturated carbocycles. The first-order valence-corrected chi connectivity index (χ1v) is 9.67. The number of amides is 1. The zero-order valence-corrected chi connectivity index (χ0v) is 16.0. The Hall–Kier alpha value is -3.22. The van der Waals surface area contributed by atoms with Gasteiger partial charge in [-0.05, 0) is 31.2 Å². The molecule has 144 valence electrons. The molecule has 2 aromatic heterocycles. The zero-order valence-electron chi connectivity index (χ0n) is 16.0. The summed E-state index contributed by atoms with van der Waals surface area (Å²) in [5.41, 5.74) is 0.870. The van der Waals surface area contributed by atoms with Crippen LogP contribution in [0.25, 0.3) is 10.8 Å². The molecule has 2 N–H and O–H groups in total. The molecule has 28 heavy (non-hydrogen) atoms. The molecular weight excluding hydrogens is 352 g/mol. The Bertz CT molecular complexity index is 984. The number of aromatic nitrogens is 3. The lowest BCUT2D eigenvalue weighted by Gasteiger charge is -2.15. The Balaban J connectivity index is 1.41. The molecule has 0 radical (unpaired) electrons. The van der Waals surface area contributed by atoms with E-state index < -0.39 is 0 Å². The predicted molar refractivity (Wildman–Crippen MR) is 111 cm³/mol. The molecule has 1 amide bonds. The molecule has 0 unspecified atom stereocenters. The third-order valence-electron chi connectivity index (χ3n) is 4.84. The number of anilines is 3. The summed E-state index contributed by atoms with van der Waals surface area (Å²) in [6.07, 6.45) is 4.34. The highest BCUT2D eigenvalue weighted by atomic mass is 16.2. The first-order valence-electron chi connectivity index (χ1n) is 9.67. The van der Waals surface area contributed by atoms with E-state index >= 15 is 0 Å². The number of nitrogens with one attached hydrogen (secondary N) is 2. The molecule has 3 heterocycles. The van der Waals surface area contributed by atoms with E-state index in [2.05, 4.69) is 31.7 Å². The van der Waals surface area contributed by atoms with Crippen LogP contribution in [0, 0.1) is 6.92 Å². The minimum Gasteiger partial charge on any atom is -0.370 e. The summed E-state index contributed by atoms with van der Waals surface area (Å²) in [7, 11) is 0. The van der Waals surface area contributed by atoms with Crippen LogP contribution in [-0.4, -0.2) is 45.4 Å². The lowest BCUT2D eigenvalue weighted by Crippen LogP contribution is -2.27. The number of rotatable bonds is 7. The van der Waals surface area contributed by atoms with Crippen molar-refractivity contribution in [3.05, 3.63) is 48.3 Å².